The maximum absolute atomic E-state index is 12.5. The van der Waals surface area contributed by atoms with Gasteiger partial charge in [0.15, 0.2) is 11.5 Å². The zero-order valence-electron chi connectivity index (χ0n) is 13.3. The number of nitrogens with one attached hydrogen (secondary N) is 2. The zero-order chi connectivity index (χ0) is 15.6. The number of methoxy groups -OCH3 is 1. The van der Waals surface area contributed by atoms with Gasteiger partial charge in [0, 0.05) is 17.7 Å². The SMILES string of the molecule is CCOc1cc(NC(=O)C2CC23CCNCC3)ccc1OC. The molecule has 2 fully saturated rings. The van der Waals surface area contributed by atoms with Gasteiger partial charge in [-0.15, -0.1) is 0 Å². The molecule has 1 heterocycles. The van der Waals surface area contributed by atoms with Crippen LogP contribution in [-0.4, -0.2) is 32.7 Å². The maximum atomic E-state index is 12.5. The molecule has 1 aromatic rings. The van der Waals surface area contributed by atoms with Crippen LogP contribution in [0.25, 0.3) is 0 Å². The first-order valence-electron chi connectivity index (χ1n) is 8.01. The van der Waals surface area contributed by atoms with E-state index >= 15 is 0 Å². The minimum Gasteiger partial charge on any atom is -0.493 e. The van der Waals surface area contributed by atoms with Crippen LogP contribution >= 0.6 is 0 Å². The Bertz CT molecular complexity index is 553. The van der Waals surface area contributed by atoms with Crippen LogP contribution < -0.4 is 20.1 Å². The number of benzene rings is 1. The van der Waals surface area contributed by atoms with Gasteiger partial charge in [0.1, 0.15) is 0 Å². The summed E-state index contributed by atoms with van der Waals surface area (Å²) in [6.07, 6.45) is 3.24. The molecule has 120 valence electrons. The van der Waals surface area contributed by atoms with Crippen molar-refractivity contribution in [1.82, 2.24) is 5.32 Å². The Balaban J connectivity index is 1.66. The van der Waals surface area contributed by atoms with Gasteiger partial charge in [0.05, 0.1) is 13.7 Å². The largest absolute Gasteiger partial charge is 0.493 e. The number of carbonyl (C=O) groups excluding carboxylic acids is 1. The maximum Gasteiger partial charge on any atom is 0.228 e. The normalized spacial score (nSPS) is 22.2. The summed E-state index contributed by atoms with van der Waals surface area (Å²) in [5, 5.41) is 6.39. The van der Waals surface area contributed by atoms with Crippen molar-refractivity contribution >= 4 is 11.6 Å². The highest BCUT2D eigenvalue weighted by atomic mass is 16.5. The average Bonchev–Trinajstić information content (AvgIpc) is 3.22. The van der Waals surface area contributed by atoms with E-state index < -0.39 is 0 Å². The predicted octanol–water partition coefficient (Wildman–Crippen LogP) is 2.42. The molecular formula is C17H24N2O3. The van der Waals surface area contributed by atoms with Gasteiger partial charge in [-0.1, -0.05) is 0 Å². The Labute approximate surface area is 131 Å². The molecule has 1 saturated heterocycles. The van der Waals surface area contributed by atoms with Crippen LogP contribution in [0.4, 0.5) is 5.69 Å². The molecule has 1 amide bonds. The van der Waals surface area contributed by atoms with Crippen molar-refractivity contribution < 1.29 is 14.3 Å². The Morgan fingerprint density at radius 3 is 2.82 bits per heavy atom. The molecule has 2 aliphatic rings. The summed E-state index contributed by atoms with van der Waals surface area (Å²) < 4.78 is 10.8. The summed E-state index contributed by atoms with van der Waals surface area (Å²) >= 11 is 0. The van der Waals surface area contributed by atoms with Crippen LogP contribution in [-0.2, 0) is 4.79 Å². The Morgan fingerprint density at radius 1 is 1.36 bits per heavy atom. The van der Waals surface area contributed by atoms with Crippen LogP contribution in [0.5, 0.6) is 11.5 Å². The van der Waals surface area contributed by atoms with Gasteiger partial charge in [0.25, 0.3) is 0 Å². The second-order valence-corrected chi connectivity index (χ2v) is 6.16. The number of piperidine rings is 1. The fourth-order valence-corrected chi connectivity index (χ4v) is 3.45. The predicted molar refractivity (Wildman–Crippen MR) is 85.4 cm³/mol. The lowest BCUT2D eigenvalue weighted by Crippen LogP contribution is -2.31. The monoisotopic (exact) mass is 304 g/mol. The second kappa shape index (κ2) is 6.16. The number of rotatable bonds is 5. The van der Waals surface area contributed by atoms with Crippen molar-refractivity contribution in [2.75, 3.05) is 32.1 Å². The van der Waals surface area contributed by atoms with Gasteiger partial charge < -0.3 is 20.1 Å². The first-order chi connectivity index (χ1) is 10.7. The molecule has 0 aromatic heterocycles. The smallest absolute Gasteiger partial charge is 0.228 e. The van der Waals surface area contributed by atoms with E-state index in [1.54, 1.807) is 7.11 Å². The van der Waals surface area contributed by atoms with E-state index in [0.717, 1.165) is 38.0 Å². The summed E-state index contributed by atoms with van der Waals surface area (Å²) in [7, 11) is 1.61. The molecule has 1 spiro atoms. The van der Waals surface area contributed by atoms with E-state index in [1.807, 2.05) is 25.1 Å². The second-order valence-electron chi connectivity index (χ2n) is 6.16. The minimum absolute atomic E-state index is 0.134. The highest BCUT2D eigenvalue weighted by Gasteiger charge is 2.57. The Kier molecular flexibility index (Phi) is 4.25. The van der Waals surface area contributed by atoms with Crippen molar-refractivity contribution in [2.45, 2.75) is 26.2 Å². The number of anilines is 1. The highest BCUT2D eigenvalue weighted by Crippen LogP contribution is 2.58. The fraction of sp³-hybridized carbons (Fsp3) is 0.588. The molecule has 1 saturated carbocycles. The molecule has 1 aliphatic heterocycles. The van der Waals surface area contributed by atoms with Gasteiger partial charge in [0.2, 0.25) is 5.91 Å². The van der Waals surface area contributed by atoms with Crippen LogP contribution in [0, 0.1) is 11.3 Å². The molecule has 0 bridgehead atoms. The van der Waals surface area contributed by atoms with E-state index in [0.29, 0.717) is 18.1 Å². The van der Waals surface area contributed by atoms with E-state index in [1.165, 1.54) is 0 Å². The lowest BCUT2D eigenvalue weighted by atomic mass is 9.92. The molecule has 22 heavy (non-hydrogen) atoms. The summed E-state index contributed by atoms with van der Waals surface area (Å²) in [6, 6.07) is 5.52. The lowest BCUT2D eigenvalue weighted by molar-refractivity contribution is -0.118. The first-order valence-corrected chi connectivity index (χ1v) is 8.01. The Hall–Kier alpha value is -1.75. The zero-order valence-corrected chi connectivity index (χ0v) is 13.3. The van der Waals surface area contributed by atoms with Crippen LogP contribution in [0.2, 0.25) is 0 Å². The quantitative estimate of drug-likeness (QED) is 0.877. The fourth-order valence-electron chi connectivity index (χ4n) is 3.45. The van der Waals surface area contributed by atoms with E-state index in [-0.39, 0.29) is 17.2 Å². The van der Waals surface area contributed by atoms with Crippen molar-refractivity contribution in [2.24, 2.45) is 11.3 Å². The number of amides is 1. The van der Waals surface area contributed by atoms with E-state index in [9.17, 15) is 4.79 Å². The van der Waals surface area contributed by atoms with Crippen molar-refractivity contribution in [1.29, 1.82) is 0 Å². The number of hydrogen-bond donors (Lipinski definition) is 2. The number of ether oxygens (including phenoxy) is 2. The molecular weight excluding hydrogens is 280 g/mol. The Morgan fingerprint density at radius 2 is 2.14 bits per heavy atom. The third kappa shape index (κ3) is 2.90. The van der Waals surface area contributed by atoms with Gasteiger partial charge >= 0.3 is 0 Å². The molecule has 1 aliphatic carbocycles. The van der Waals surface area contributed by atoms with Crippen LogP contribution in [0.1, 0.15) is 26.2 Å². The average molecular weight is 304 g/mol. The topological polar surface area (TPSA) is 59.6 Å². The van der Waals surface area contributed by atoms with Gasteiger partial charge in [-0.2, -0.15) is 0 Å². The molecule has 1 aromatic carbocycles. The molecule has 0 radical (unpaired) electrons. The molecule has 1 unspecified atom stereocenters. The lowest BCUT2D eigenvalue weighted by Gasteiger charge is -2.23. The van der Waals surface area contributed by atoms with Gasteiger partial charge in [-0.25, -0.2) is 0 Å². The summed E-state index contributed by atoms with van der Waals surface area (Å²) in [5.41, 5.74) is 1.02. The van der Waals surface area contributed by atoms with E-state index in [4.69, 9.17) is 9.47 Å². The number of hydrogen-bond acceptors (Lipinski definition) is 4. The van der Waals surface area contributed by atoms with E-state index in [2.05, 4.69) is 10.6 Å². The third-order valence-electron chi connectivity index (χ3n) is 4.84. The molecule has 5 nitrogen and oxygen atoms in total. The summed E-state index contributed by atoms with van der Waals surface area (Å²) in [6.45, 7) is 4.55. The summed E-state index contributed by atoms with van der Waals surface area (Å²) in [4.78, 5) is 12.5. The van der Waals surface area contributed by atoms with Crippen molar-refractivity contribution in [3.8, 4) is 11.5 Å². The standard InChI is InChI=1S/C17H24N2O3/c1-3-22-15-10-12(4-5-14(15)21-2)19-16(20)13-11-17(13)6-8-18-9-7-17/h4-5,10,13,18H,3,6-9,11H2,1-2H3,(H,19,20). The van der Waals surface area contributed by atoms with Crippen molar-refractivity contribution in [3.63, 3.8) is 0 Å². The summed E-state index contributed by atoms with van der Waals surface area (Å²) in [5.74, 6) is 1.64. The number of carbonyl (C=O) groups is 1. The van der Waals surface area contributed by atoms with Crippen LogP contribution in [0.3, 0.4) is 0 Å². The van der Waals surface area contributed by atoms with Gasteiger partial charge in [-0.3, -0.25) is 4.79 Å². The van der Waals surface area contributed by atoms with Crippen LogP contribution in [0.15, 0.2) is 18.2 Å². The van der Waals surface area contributed by atoms with Crippen molar-refractivity contribution in [3.05, 3.63) is 18.2 Å². The highest BCUT2D eigenvalue weighted by molar-refractivity contribution is 5.95. The third-order valence-corrected chi connectivity index (χ3v) is 4.84. The molecule has 2 N–H and O–H groups in total. The molecule has 5 heteroatoms. The first kappa shape index (κ1) is 15.2. The molecule has 3 rings (SSSR count). The minimum atomic E-state index is 0.134. The van der Waals surface area contributed by atoms with Gasteiger partial charge in [-0.05, 0) is 56.8 Å². The molecule has 1 atom stereocenters.